The van der Waals surface area contributed by atoms with Crippen molar-refractivity contribution in [3.8, 4) is 0 Å². The molecule has 0 unspecified atom stereocenters. The number of carbonyl (C=O) groups is 1. The molecule has 0 amide bonds. The van der Waals surface area contributed by atoms with Gasteiger partial charge in [0.15, 0.2) is 5.76 Å². The van der Waals surface area contributed by atoms with Crippen molar-refractivity contribution in [3.63, 3.8) is 0 Å². The van der Waals surface area contributed by atoms with Gasteiger partial charge in [-0.1, -0.05) is 24.3 Å². The molecule has 0 saturated heterocycles. The van der Waals surface area contributed by atoms with Crippen molar-refractivity contribution >= 4 is 32.7 Å². The van der Waals surface area contributed by atoms with Gasteiger partial charge in [0.1, 0.15) is 11.4 Å². The van der Waals surface area contributed by atoms with Gasteiger partial charge in [0.05, 0.1) is 10.0 Å². The second-order valence-corrected chi connectivity index (χ2v) is 4.93. The van der Waals surface area contributed by atoms with Gasteiger partial charge in [0, 0.05) is 5.39 Å². The van der Waals surface area contributed by atoms with Crippen LogP contribution in [0.1, 0.15) is 16.1 Å². The van der Waals surface area contributed by atoms with E-state index in [1.165, 1.54) is 12.1 Å². The zero-order valence-corrected chi connectivity index (χ0v) is 11.3. The Morgan fingerprint density at radius 3 is 2.63 bits per heavy atom. The van der Waals surface area contributed by atoms with E-state index in [1.54, 1.807) is 18.2 Å². The summed E-state index contributed by atoms with van der Waals surface area (Å²) in [7, 11) is 0. The van der Waals surface area contributed by atoms with Crippen LogP contribution in [0.4, 0.5) is 4.39 Å². The van der Waals surface area contributed by atoms with Crippen molar-refractivity contribution in [2.24, 2.45) is 0 Å². The molecule has 0 saturated carbocycles. The first-order valence-electron chi connectivity index (χ1n) is 5.64. The molecule has 0 aliphatic carbocycles. The molecule has 3 rings (SSSR count). The number of ketones is 1. The molecule has 0 N–H and O–H groups in total. The standard InChI is InChI=1S/C15H8BrFO2/c16-11-6-3-4-9-8-13(19-15(9)11)14(18)10-5-1-2-7-12(10)17/h1-8H. The SMILES string of the molecule is O=C(c1cc2cccc(Br)c2o1)c1ccccc1F. The van der Waals surface area contributed by atoms with Crippen LogP contribution in [0.2, 0.25) is 0 Å². The summed E-state index contributed by atoms with van der Waals surface area (Å²) in [5.74, 6) is -0.875. The lowest BCUT2D eigenvalue weighted by Crippen LogP contribution is -2.02. The third kappa shape index (κ3) is 2.08. The molecule has 0 aliphatic rings. The molecular weight excluding hydrogens is 311 g/mol. The Morgan fingerprint density at radius 2 is 1.89 bits per heavy atom. The summed E-state index contributed by atoms with van der Waals surface area (Å²) in [6.45, 7) is 0. The van der Waals surface area contributed by atoms with Crippen LogP contribution in [-0.4, -0.2) is 5.78 Å². The third-order valence-electron chi connectivity index (χ3n) is 2.84. The minimum Gasteiger partial charge on any atom is -0.451 e. The predicted octanol–water partition coefficient (Wildman–Crippen LogP) is 4.57. The van der Waals surface area contributed by atoms with Gasteiger partial charge in [-0.3, -0.25) is 4.79 Å². The predicted molar refractivity (Wildman–Crippen MR) is 73.7 cm³/mol. The van der Waals surface area contributed by atoms with Gasteiger partial charge >= 0.3 is 0 Å². The highest BCUT2D eigenvalue weighted by Crippen LogP contribution is 2.28. The molecule has 1 heterocycles. The Morgan fingerprint density at radius 1 is 1.11 bits per heavy atom. The second-order valence-electron chi connectivity index (χ2n) is 4.08. The number of halogens is 2. The Balaban J connectivity index is 2.12. The van der Waals surface area contributed by atoms with Crippen molar-refractivity contribution < 1.29 is 13.6 Å². The van der Waals surface area contributed by atoms with Crippen molar-refractivity contribution in [1.29, 1.82) is 0 Å². The molecule has 0 radical (unpaired) electrons. The van der Waals surface area contributed by atoms with E-state index < -0.39 is 11.6 Å². The summed E-state index contributed by atoms with van der Waals surface area (Å²) >= 11 is 3.35. The third-order valence-corrected chi connectivity index (χ3v) is 3.46. The molecule has 2 nitrogen and oxygen atoms in total. The number of furan rings is 1. The maximum atomic E-state index is 13.6. The van der Waals surface area contributed by atoms with Gasteiger partial charge in [0.25, 0.3) is 0 Å². The van der Waals surface area contributed by atoms with E-state index in [0.29, 0.717) is 5.58 Å². The Hall–Kier alpha value is -1.94. The molecule has 1 aromatic heterocycles. The van der Waals surface area contributed by atoms with E-state index in [-0.39, 0.29) is 11.3 Å². The van der Waals surface area contributed by atoms with Crippen molar-refractivity contribution in [1.82, 2.24) is 0 Å². The van der Waals surface area contributed by atoms with Crippen LogP contribution >= 0.6 is 15.9 Å². The minimum absolute atomic E-state index is 0.0117. The fourth-order valence-corrected chi connectivity index (χ4v) is 2.38. The van der Waals surface area contributed by atoms with E-state index >= 15 is 0 Å². The number of hydrogen-bond donors (Lipinski definition) is 0. The summed E-state index contributed by atoms with van der Waals surface area (Å²) in [4.78, 5) is 12.2. The molecule has 4 heteroatoms. The fourth-order valence-electron chi connectivity index (χ4n) is 1.92. The zero-order chi connectivity index (χ0) is 13.4. The van der Waals surface area contributed by atoms with Crippen LogP contribution in [0.5, 0.6) is 0 Å². The summed E-state index contributed by atoms with van der Waals surface area (Å²) < 4.78 is 19.9. The summed E-state index contributed by atoms with van der Waals surface area (Å²) in [5.41, 5.74) is 0.597. The number of hydrogen-bond acceptors (Lipinski definition) is 2. The number of benzene rings is 2. The molecule has 0 atom stereocenters. The van der Waals surface area contributed by atoms with E-state index in [1.807, 2.05) is 18.2 Å². The summed E-state index contributed by atoms with van der Waals surface area (Å²) in [5, 5.41) is 0.800. The topological polar surface area (TPSA) is 30.2 Å². The van der Waals surface area contributed by atoms with Crippen LogP contribution in [0, 0.1) is 5.82 Å². The maximum absolute atomic E-state index is 13.6. The number of rotatable bonds is 2. The molecule has 2 aromatic carbocycles. The highest BCUT2D eigenvalue weighted by Gasteiger charge is 2.18. The van der Waals surface area contributed by atoms with Gasteiger partial charge in [-0.15, -0.1) is 0 Å². The van der Waals surface area contributed by atoms with E-state index in [9.17, 15) is 9.18 Å². The molecule has 19 heavy (non-hydrogen) atoms. The summed E-state index contributed by atoms with van der Waals surface area (Å²) in [6.07, 6.45) is 0. The largest absolute Gasteiger partial charge is 0.451 e. The maximum Gasteiger partial charge on any atom is 0.231 e. The monoisotopic (exact) mass is 318 g/mol. The second kappa shape index (κ2) is 4.63. The highest BCUT2D eigenvalue weighted by atomic mass is 79.9. The first-order valence-corrected chi connectivity index (χ1v) is 6.43. The Bertz CT molecular complexity index is 777. The van der Waals surface area contributed by atoms with Gasteiger partial charge in [0.2, 0.25) is 5.78 Å². The lowest BCUT2D eigenvalue weighted by atomic mass is 10.1. The molecule has 3 aromatic rings. The van der Waals surface area contributed by atoms with Gasteiger partial charge < -0.3 is 4.42 Å². The average molecular weight is 319 g/mol. The van der Waals surface area contributed by atoms with E-state index in [0.717, 1.165) is 9.86 Å². The molecule has 0 aliphatic heterocycles. The van der Waals surface area contributed by atoms with Gasteiger partial charge in [-0.05, 0) is 40.2 Å². The van der Waals surface area contributed by atoms with Crippen molar-refractivity contribution in [2.75, 3.05) is 0 Å². The summed E-state index contributed by atoms with van der Waals surface area (Å²) in [6, 6.07) is 13.0. The lowest BCUT2D eigenvalue weighted by molar-refractivity contribution is 0.101. The van der Waals surface area contributed by atoms with E-state index in [2.05, 4.69) is 15.9 Å². The van der Waals surface area contributed by atoms with Crippen molar-refractivity contribution in [3.05, 3.63) is 70.1 Å². The Kier molecular flexibility index (Phi) is 2.95. The minimum atomic E-state index is -0.549. The molecule has 0 fully saturated rings. The number of para-hydroxylation sites is 1. The normalized spacial score (nSPS) is 10.8. The van der Waals surface area contributed by atoms with Crippen LogP contribution < -0.4 is 0 Å². The van der Waals surface area contributed by atoms with Crippen LogP contribution in [0.3, 0.4) is 0 Å². The zero-order valence-electron chi connectivity index (χ0n) is 9.69. The molecule has 94 valence electrons. The Labute approximate surface area is 117 Å². The quantitative estimate of drug-likeness (QED) is 0.648. The molecule has 0 spiro atoms. The highest BCUT2D eigenvalue weighted by molar-refractivity contribution is 9.10. The molecular formula is C15H8BrFO2. The van der Waals surface area contributed by atoms with Gasteiger partial charge in [-0.25, -0.2) is 4.39 Å². The fraction of sp³-hybridized carbons (Fsp3) is 0. The van der Waals surface area contributed by atoms with Crippen LogP contribution in [0.25, 0.3) is 11.0 Å². The smallest absolute Gasteiger partial charge is 0.231 e. The number of fused-ring (bicyclic) bond motifs is 1. The van der Waals surface area contributed by atoms with E-state index in [4.69, 9.17) is 4.42 Å². The van der Waals surface area contributed by atoms with Crippen LogP contribution in [-0.2, 0) is 0 Å². The number of carbonyl (C=O) groups excluding carboxylic acids is 1. The van der Waals surface area contributed by atoms with Gasteiger partial charge in [-0.2, -0.15) is 0 Å². The first kappa shape index (κ1) is 12.1. The van der Waals surface area contributed by atoms with Crippen molar-refractivity contribution in [2.45, 2.75) is 0 Å². The average Bonchev–Trinajstić information content (AvgIpc) is 2.84. The lowest BCUT2D eigenvalue weighted by Gasteiger charge is -1.98. The first-order chi connectivity index (χ1) is 9.16. The van der Waals surface area contributed by atoms with Crippen LogP contribution in [0.15, 0.2) is 57.4 Å². The molecule has 0 bridgehead atoms.